The predicted octanol–water partition coefficient (Wildman–Crippen LogP) is 3.09. The topological polar surface area (TPSA) is 76.1 Å². The Labute approximate surface area is 135 Å². The normalized spacial score (nSPS) is 14.5. The van der Waals surface area contributed by atoms with E-state index in [4.69, 9.17) is 4.74 Å². The molecule has 0 atom stereocenters. The van der Waals surface area contributed by atoms with Crippen LogP contribution in [0.2, 0.25) is 0 Å². The van der Waals surface area contributed by atoms with Crippen LogP contribution in [0.4, 0.5) is 11.5 Å². The number of methoxy groups -OCH3 is 1. The number of carbonyl (C=O) groups is 1. The molecule has 1 fully saturated rings. The summed E-state index contributed by atoms with van der Waals surface area (Å²) >= 11 is 0. The van der Waals surface area contributed by atoms with E-state index in [0.29, 0.717) is 29.0 Å². The number of nitrogens with zero attached hydrogens (tertiary/aromatic N) is 2. The first-order valence-corrected chi connectivity index (χ1v) is 7.78. The minimum atomic E-state index is -0.268. The van der Waals surface area contributed by atoms with Gasteiger partial charge in [0.15, 0.2) is 0 Å². The molecular formula is C17H20N4O2. The molecule has 1 aromatic carbocycles. The Balaban J connectivity index is 1.68. The minimum Gasteiger partial charge on any atom is -0.497 e. The summed E-state index contributed by atoms with van der Waals surface area (Å²) in [6, 6.07) is 9.34. The first kappa shape index (κ1) is 15.3. The molecule has 23 heavy (non-hydrogen) atoms. The Hall–Kier alpha value is -2.63. The highest BCUT2D eigenvalue weighted by Crippen LogP contribution is 2.22. The molecule has 6 heteroatoms. The summed E-state index contributed by atoms with van der Waals surface area (Å²) in [4.78, 5) is 20.6. The van der Waals surface area contributed by atoms with Gasteiger partial charge in [0.25, 0.3) is 5.91 Å². The second-order valence-corrected chi connectivity index (χ2v) is 5.60. The maximum absolute atomic E-state index is 12.3. The minimum absolute atomic E-state index is 0.268. The summed E-state index contributed by atoms with van der Waals surface area (Å²) in [5, 5.41) is 6.18. The van der Waals surface area contributed by atoms with Crippen LogP contribution in [0, 0.1) is 0 Å². The zero-order valence-electron chi connectivity index (χ0n) is 13.1. The van der Waals surface area contributed by atoms with E-state index < -0.39 is 0 Å². The molecule has 1 amide bonds. The maximum Gasteiger partial charge on any atom is 0.274 e. The number of rotatable bonds is 5. The molecular weight excluding hydrogens is 292 g/mol. The van der Waals surface area contributed by atoms with Gasteiger partial charge in [-0.2, -0.15) is 0 Å². The lowest BCUT2D eigenvalue weighted by Gasteiger charge is -2.13. The number of nitrogens with one attached hydrogen (secondary N) is 2. The Morgan fingerprint density at radius 2 is 2.04 bits per heavy atom. The quantitative estimate of drug-likeness (QED) is 0.887. The van der Waals surface area contributed by atoms with Crippen LogP contribution in [0.15, 0.2) is 36.7 Å². The van der Waals surface area contributed by atoms with Crippen molar-refractivity contribution >= 4 is 17.4 Å². The van der Waals surface area contributed by atoms with Gasteiger partial charge in [0, 0.05) is 23.9 Å². The predicted molar refractivity (Wildman–Crippen MR) is 88.9 cm³/mol. The van der Waals surface area contributed by atoms with Gasteiger partial charge < -0.3 is 15.4 Å². The van der Waals surface area contributed by atoms with Gasteiger partial charge in [-0.05, 0) is 25.0 Å². The molecule has 2 aromatic rings. The molecule has 3 rings (SSSR count). The molecule has 2 N–H and O–H groups in total. The van der Waals surface area contributed by atoms with Crippen molar-refractivity contribution in [2.24, 2.45) is 0 Å². The van der Waals surface area contributed by atoms with E-state index in [1.165, 1.54) is 19.2 Å². The molecule has 1 heterocycles. The van der Waals surface area contributed by atoms with Gasteiger partial charge in [0.2, 0.25) is 0 Å². The van der Waals surface area contributed by atoms with Crippen molar-refractivity contribution in [3.8, 4) is 5.75 Å². The fourth-order valence-electron chi connectivity index (χ4n) is 2.74. The number of anilines is 2. The van der Waals surface area contributed by atoms with Gasteiger partial charge in [0.05, 0.1) is 7.11 Å². The smallest absolute Gasteiger partial charge is 0.274 e. The summed E-state index contributed by atoms with van der Waals surface area (Å²) < 4.78 is 5.15. The first-order valence-electron chi connectivity index (χ1n) is 7.78. The Bertz CT molecular complexity index is 684. The van der Waals surface area contributed by atoms with Crippen LogP contribution in [-0.2, 0) is 0 Å². The van der Waals surface area contributed by atoms with Crippen molar-refractivity contribution in [2.75, 3.05) is 17.7 Å². The second-order valence-electron chi connectivity index (χ2n) is 5.60. The monoisotopic (exact) mass is 312 g/mol. The van der Waals surface area contributed by atoms with E-state index in [-0.39, 0.29) is 5.91 Å². The zero-order chi connectivity index (χ0) is 16.1. The molecule has 1 aromatic heterocycles. The van der Waals surface area contributed by atoms with E-state index in [1.54, 1.807) is 25.3 Å². The van der Waals surface area contributed by atoms with E-state index in [9.17, 15) is 4.79 Å². The fraction of sp³-hybridized carbons (Fsp3) is 0.353. The molecule has 0 aliphatic heterocycles. The third-order valence-electron chi connectivity index (χ3n) is 3.93. The van der Waals surface area contributed by atoms with E-state index >= 15 is 0 Å². The highest BCUT2D eigenvalue weighted by molar-refractivity contribution is 6.03. The number of hydrogen-bond donors (Lipinski definition) is 2. The Kier molecular flexibility index (Phi) is 4.71. The van der Waals surface area contributed by atoms with Crippen LogP contribution in [0.1, 0.15) is 36.2 Å². The van der Waals surface area contributed by atoms with Crippen LogP contribution in [0.3, 0.4) is 0 Å². The average Bonchev–Trinajstić information content (AvgIpc) is 3.08. The van der Waals surface area contributed by atoms with Gasteiger partial charge in [0.1, 0.15) is 23.6 Å². The number of benzene rings is 1. The molecule has 120 valence electrons. The number of hydrogen-bond acceptors (Lipinski definition) is 5. The van der Waals surface area contributed by atoms with E-state index in [0.717, 1.165) is 12.8 Å². The van der Waals surface area contributed by atoms with Crippen molar-refractivity contribution < 1.29 is 9.53 Å². The molecule has 0 bridgehead atoms. The van der Waals surface area contributed by atoms with E-state index in [1.807, 2.05) is 12.1 Å². The molecule has 0 spiro atoms. The van der Waals surface area contributed by atoms with E-state index in [2.05, 4.69) is 20.6 Å². The van der Waals surface area contributed by atoms with Crippen molar-refractivity contribution in [3.05, 3.63) is 42.4 Å². The Morgan fingerprint density at radius 3 is 2.83 bits per heavy atom. The lowest BCUT2D eigenvalue weighted by Crippen LogP contribution is -2.18. The third-order valence-corrected chi connectivity index (χ3v) is 3.93. The summed E-state index contributed by atoms with van der Waals surface area (Å²) in [5.41, 5.74) is 1.00. The number of ether oxygens (including phenoxy) is 1. The van der Waals surface area contributed by atoms with Crippen molar-refractivity contribution in [2.45, 2.75) is 31.7 Å². The molecule has 0 saturated heterocycles. The number of aromatic nitrogens is 2. The van der Waals surface area contributed by atoms with Crippen molar-refractivity contribution in [1.29, 1.82) is 0 Å². The summed E-state index contributed by atoms with van der Waals surface area (Å²) in [7, 11) is 1.59. The average molecular weight is 312 g/mol. The first-order chi connectivity index (χ1) is 11.2. The lowest BCUT2D eigenvalue weighted by molar-refractivity contribution is 0.102. The summed E-state index contributed by atoms with van der Waals surface area (Å²) in [6.45, 7) is 0. The van der Waals surface area contributed by atoms with Crippen LogP contribution in [0.5, 0.6) is 5.75 Å². The van der Waals surface area contributed by atoms with Gasteiger partial charge in [-0.15, -0.1) is 0 Å². The zero-order valence-corrected chi connectivity index (χ0v) is 13.1. The van der Waals surface area contributed by atoms with Gasteiger partial charge >= 0.3 is 0 Å². The van der Waals surface area contributed by atoms with Crippen LogP contribution in [-0.4, -0.2) is 29.0 Å². The molecule has 1 saturated carbocycles. The SMILES string of the molecule is COc1cccc(NC(=O)c2cc(NC3CCCC3)ncn2)c1. The van der Waals surface area contributed by atoms with Crippen molar-refractivity contribution in [1.82, 2.24) is 9.97 Å². The second kappa shape index (κ2) is 7.09. The third kappa shape index (κ3) is 3.97. The van der Waals surface area contributed by atoms with Gasteiger partial charge in [-0.3, -0.25) is 4.79 Å². The highest BCUT2D eigenvalue weighted by atomic mass is 16.5. The van der Waals surface area contributed by atoms with Crippen molar-refractivity contribution in [3.63, 3.8) is 0 Å². The van der Waals surface area contributed by atoms with Crippen LogP contribution >= 0.6 is 0 Å². The highest BCUT2D eigenvalue weighted by Gasteiger charge is 2.16. The Morgan fingerprint density at radius 1 is 1.22 bits per heavy atom. The fourth-order valence-corrected chi connectivity index (χ4v) is 2.74. The number of amides is 1. The largest absolute Gasteiger partial charge is 0.497 e. The van der Waals surface area contributed by atoms with Crippen LogP contribution < -0.4 is 15.4 Å². The molecule has 0 unspecified atom stereocenters. The molecule has 1 aliphatic carbocycles. The maximum atomic E-state index is 12.3. The summed E-state index contributed by atoms with van der Waals surface area (Å²) in [6.07, 6.45) is 6.19. The van der Waals surface area contributed by atoms with Gasteiger partial charge in [-0.1, -0.05) is 18.9 Å². The molecule has 1 aliphatic rings. The number of carbonyl (C=O) groups excluding carboxylic acids is 1. The van der Waals surface area contributed by atoms with Crippen LogP contribution in [0.25, 0.3) is 0 Å². The molecule has 0 radical (unpaired) electrons. The van der Waals surface area contributed by atoms with Gasteiger partial charge in [-0.25, -0.2) is 9.97 Å². The lowest BCUT2D eigenvalue weighted by atomic mass is 10.2. The summed E-state index contributed by atoms with van der Waals surface area (Å²) in [5.74, 6) is 1.12. The molecule has 6 nitrogen and oxygen atoms in total. The standard InChI is InChI=1S/C17H20N4O2/c1-23-14-8-4-7-13(9-14)21-17(22)15-10-16(19-11-18-15)20-12-5-2-3-6-12/h4,7-12H,2-3,5-6H2,1H3,(H,21,22)(H,18,19,20).